The van der Waals surface area contributed by atoms with E-state index in [1.807, 2.05) is 6.92 Å². The maximum Gasteiger partial charge on any atom is 0.323 e. The number of carbonyl (C=O) groups is 2. The Kier molecular flexibility index (Phi) is 4.14. The number of sulfone groups is 1. The third-order valence-electron chi connectivity index (χ3n) is 3.17. The number of amides is 1. The number of hydrogen-bond donors (Lipinski definition) is 1. The highest BCUT2D eigenvalue weighted by molar-refractivity contribution is 7.91. The Bertz CT molecular complexity index is 634. The number of thiophene rings is 1. The molecule has 8 heteroatoms. The fourth-order valence-electron chi connectivity index (χ4n) is 2.22. The highest BCUT2D eigenvalue weighted by Crippen LogP contribution is 2.23. The first kappa shape index (κ1) is 15.0. The monoisotopic (exact) mass is 317 g/mol. The second-order valence-corrected chi connectivity index (χ2v) is 8.31. The van der Waals surface area contributed by atoms with Gasteiger partial charge in [0.1, 0.15) is 6.54 Å². The first-order valence-electron chi connectivity index (χ1n) is 6.08. The molecule has 110 valence electrons. The first-order chi connectivity index (χ1) is 9.28. The molecule has 1 atom stereocenters. The zero-order valence-corrected chi connectivity index (χ0v) is 12.5. The summed E-state index contributed by atoms with van der Waals surface area (Å²) in [7, 11) is -3.17. The van der Waals surface area contributed by atoms with E-state index in [0.29, 0.717) is 11.3 Å². The van der Waals surface area contributed by atoms with Crippen molar-refractivity contribution >= 4 is 33.1 Å². The summed E-state index contributed by atoms with van der Waals surface area (Å²) in [6.45, 7) is 1.37. The van der Waals surface area contributed by atoms with Gasteiger partial charge in [-0.1, -0.05) is 0 Å². The molecule has 1 N–H and O–H groups in total. The van der Waals surface area contributed by atoms with Crippen LogP contribution in [0.1, 0.15) is 21.0 Å². The van der Waals surface area contributed by atoms with E-state index >= 15 is 0 Å². The van der Waals surface area contributed by atoms with Crippen LogP contribution in [-0.2, 0) is 14.6 Å². The maximum absolute atomic E-state index is 12.4. The van der Waals surface area contributed by atoms with Crippen LogP contribution in [0.3, 0.4) is 0 Å². The molecule has 0 spiro atoms. The lowest BCUT2D eigenvalue weighted by Gasteiger charge is -2.25. The normalized spacial score (nSPS) is 20.8. The number of aryl methyl sites for hydroxylation is 1. The van der Waals surface area contributed by atoms with E-state index < -0.39 is 34.3 Å². The van der Waals surface area contributed by atoms with Crippen molar-refractivity contribution in [1.82, 2.24) is 4.90 Å². The van der Waals surface area contributed by atoms with Gasteiger partial charge in [0, 0.05) is 10.9 Å². The van der Waals surface area contributed by atoms with Gasteiger partial charge in [0.2, 0.25) is 0 Å². The summed E-state index contributed by atoms with van der Waals surface area (Å²) in [6, 6.07) is 2.87. The van der Waals surface area contributed by atoms with Gasteiger partial charge in [0.15, 0.2) is 9.84 Å². The molecule has 0 saturated carbocycles. The lowest BCUT2D eigenvalue weighted by Crippen LogP contribution is -2.43. The molecule has 1 fully saturated rings. The fraction of sp³-hybridized carbons (Fsp3) is 0.500. The minimum absolute atomic E-state index is 0.00450. The Morgan fingerprint density at radius 3 is 2.60 bits per heavy atom. The van der Waals surface area contributed by atoms with Crippen LogP contribution < -0.4 is 0 Å². The molecule has 0 aromatic carbocycles. The van der Waals surface area contributed by atoms with Crippen LogP contribution in [-0.4, -0.2) is 54.4 Å². The Balaban J connectivity index is 2.24. The summed E-state index contributed by atoms with van der Waals surface area (Å²) in [6.07, 6.45) is 0.297. The molecule has 1 saturated heterocycles. The van der Waals surface area contributed by atoms with Crippen molar-refractivity contribution in [2.24, 2.45) is 0 Å². The molecule has 1 aliphatic rings. The zero-order valence-electron chi connectivity index (χ0n) is 10.9. The van der Waals surface area contributed by atoms with Gasteiger partial charge in [-0.3, -0.25) is 9.59 Å². The molecule has 2 heterocycles. The summed E-state index contributed by atoms with van der Waals surface area (Å²) >= 11 is 1.28. The van der Waals surface area contributed by atoms with Crippen molar-refractivity contribution in [3.63, 3.8) is 0 Å². The summed E-state index contributed by atoms with van der Waals surface area (Å²) < 4.78 is 23.0. The predicted molar refractivity (Wildman–Crippen MR) is 74.8 cm³/mol. The van der Waals surface area contributed by atoms with Crippen LogP contribution in [0.25, 0.3) is 0 Å². The minimum Gasteiger partial charge on any atom is -0.480 e. The topological polar surface area (TPSA) is 91.8 Å². The number of aliphatic carboxylic acids is 1. The molecule has 20 heavy (non-hydrogen) atoms. The maximum atomic E-state index is 12.4. The van der Waals surface area contributed by atoms with Crippen molar-refractivity contribution in [2.75, 3.05) is 18.1 Å². The third-order valence-corrected chi connectivity index (χ3v) is 5.91. The van der Waals surface area contributed by atoms with Crippen LogP contribution in [0.15, 0.2) is 12.1 Å². The fourth-order valence-corrected chi connectivity index (χ4v) is 4.78. The second kappa shape index (κ2) is 5.53. The van der Waals surface area contributed by atoms with E-state index in [2.05, 4.69) is 0 Å². The van der Waals surface area contributed by atoms with Gasteiger partial charge < -0.3 is 10.0 Å². The Morgan fingerprint density at radius 1 is 1.45 bits per heavy atom. The van der Waals surface area contributed by atoms with Gasteiger partial charge in [-0.25, -0.2) is 8.42 Å². The minimum atomic E-state index is -3.17. The molecule has 1 aliphatic heterocycles. The molecule has 0 aliphatic carbocycles. The third kappa shape index (κ3) is 3.37. The summed E-state index contributed by atoms with van der Waals surface area (Å²) in [5.41, 5.74) is 0. The SMILES string of the molecule is Cc1ccc(C(=O)N(CC(=O)O)C2CCS(=O)(=O)C2)s1. The number of hydrogen-bond acceptors (Lipinski definition) is 5. The van der Waals surface area contributed by atoms with E-state index in [9.17, 15) is 18.0 Å². The molecule has 0 radical (unpaired) electrons. The lowest BCUT2D eigenvalue weighted by atomic mass is 10.2. The van der Waals surface area contributed by atoms with E-state index in [4.69, 9.17) is 5.11 Å². The number of carbonyl (C=O) groups excluding carboxylic acids is 1. The Morgan fingerprint density at radius 2 is 2.15 bits per heavy atom. The van der Waals surface area contributed by atoms with Crippen molar-refractivity contribution in [2.45, 2.75) is 19.4 Å². The molecule has 1 aromatic heterocycles. The molecule has 1 unspecified atom stereocenters. The van der Waals surface area contributed by atoms with Crippen LogP contribution >= 0.6 is 11.3 Å². The summed E-state index contributed by atoms with van der Waals surface area (Å²) in [5.74, 6) is -1.70. The van der Waals surface area contributed by atoms with Crippen LogP contribution in [0, 0.1) is 6.92 Å². The van der Waals surface area contributed by atoms with Crippen molar-refractivity contribution in [3.8, 4) is 0 Å². The Labute approximate surface area is 120 Å². The van der Waals surface area contributed by atoms with Crippen molar-refractivity contribution < 1.29 is 23.1 Å². The van der Waals surface area contributed by atoms with Gasteiger partial charge in [-0.05, 0) is 25.5 Å². The molecule has 1 amide bonds. The van der Waals surface area contributed by atoms with Crippen LogP contribution in [0.2, 0.25) is 0 Å². The largest absolute Gasteiger partial charge is 0.480 e. The van der Waals surface area contributed by atoms with Gasteiger partial charge in [0.25, 0.3) is 5.91 Å². The van der Waals surface area contributed by atoms with E-state index in [0.717, 1.165) is 9.78 Å². The first-order valence-corrected chi connectivity index (χ1v) is 8.72. The second-order valence-electron chi connectivity index (χ2n) is 4.79. The molecular weight excluding hydrogens is 302 g/mol. The standard InChI is InChI=1S/C12H15NO5S2/c1-8-2-3-10(19-8)12(16)13(6-11(14)15)9-4-5-20(17,18)7-9/h2-3,9H,4-7H2,1H3,(H,14,15). The van der Waals surface area contributed by atoms with Gasteiger partial charge >= 0.3 is 5.97 Å². The number of carboxylic acid groups (broad SMARTS) is 1. The predicted octanol–water partition coefficient (Wildman–Crippen LogP) is 0.770. The average Bonchev–Trinajstić information content (AvgIpc) is 2.91. The van der Waals surface area contributed by atoms with Crippen LogP contribution in [0.5, 0.6) is 0 Å². The molecule has 1 aromatic rings. The van der Waals surface area contributed by atoms with Crippen molar-refractivity contribution in [1.29, 1.82) is 0 Å². The van der Waals surface area contributed by atoms with E-state index in [1.165, 1.54) is 11.3 Å². The molecular formula is C12H15NO5S2. The molecule has 2 rings (SSSR count). The smallest absolute Gasteiger partial charge is 0.323 e. The highest BCUT2D eigenvalue weighted by Gasteiger charge is 2.36. The van der Waals surface area contributed by atoms with Gasteiger partial charge in [0.05, 0.1) is 16.4 Å². The van der Waals surface area contributed by atoms with Crippen LogP contribution in [0.4, 0.5) is 0 Å². The molecule has 6 nitrogen and oxygen atoms in total. The lowest BCUT2D eigenvalue weighted by molar-refractivity contribution is -0.138. The van der Waals surface area contributed by atoms with E-state index in [1.54, 1.807) is 12.1 Å². The quantitative estimate of drug-likeness (QED) is 0.885. The highest BCUT2D eigenvalue weighted by atomic mass is 32.2. The van der Waals surface area contributed by atoms with E-state index in [-0.39, 0.29) is 11.5 Å². The number of nitrogens with zero attached hydrogens (tertiary/aromatic N) is 1. The van der Waals surface area contributed by atoms with Gasteiger partial charge in [-0.2, -0.15) is 0 Å². The molecule has 0 bridgehead atoms. The summed E-state index contributed by atoms with van der Waals surface area (Å²) in [4.78, 5) is 25.8. The summed E-state index contributed by atoms with van der Waals surface area (Å²) in [5, 5.41) is 8.94. The van der Waals surface area contributed by atoms with Gasteiger partial charge in [-0.15, -0.1) is 11.3 Å². The Hall–Kier alpha value is -1.41. The number of carboxylic acids is 1. The zero-order chi connectivity index (χ0) is 14.9. The van der Waals surface area contributed by atoms with Crippen molar-refractivity contribution in [3.05, 3.63) is 21.9 Å². The number of rotatable bonds is 4. The average molecular weight is 317 g/mol.